The summed E-state index contributed by atoms with van der Waals surface area (Å²) in [6, 6.07) is 14.0. The highest BCUT2D eigenvalue weighted by Crippen LogP contribution is 2.17. The van der Waals surface area contributed by atoms with E-state index in [0.717, 1.165) is 11.1 Å². The maximum absolute atomic E-state index is 13.5. The van der Waals surface area contributed by atoms with Crippen LogP contribution in [0.15, 0.2) is 48.5 Å². The number of nitrogens with zero attached hydrogens (tertiary/aromatic N) is 2. The number of benzene rings is 2. The van der Waals surface area contributed by atoms with Gasteiger partial charge in [0.1, 0.15) is 5.82 Å². The summed E-state index contributed by atoms with van der Waals surface area (Å²) in [5.74, 6) is -0.768. The number of hydrogen-bond acceptors (Lipinski definition) is 5. The standard InChI is InChI=1S/C23H30FN3O4S/c1-18-8-9-21(24)12-22(18)25-23(28)15-26-10-11-27(32(2,29)30)14-20(13-26)17-31-16-19-6-4-3-5-7-19/h3-9,12,20H,10-11,13-17H2,1-2H3,(H,25,28)/t20-/m0/s1. The lowest BCUT2D eigenvalue weighted by molar-refractivity contribution is -0.117. The van der Waals surface area contributed by atoms with E-state index in [9.17, 15) is 17.6 Å². The molecule has 1 aliphatic heterocycles. The fourth-order valence-electron chi connectivity index (χ4n) is 3.74. The summed E-state index contributed by atoms with van der Waals surface area (Å²) < 4.78 is 45.2. The van der Waals surface area contributed by atoms with Crippen LogP contribution in [0, 0.1) is 18.7 Å². The van der Waals surface area contributed by atoms with E-state index in [1.165, 1.54) is 22.7 Å². The molecule has 9 heteroatoms. The fourth-order valence-corrected chi connectivity index (χ4v) is 4.63. The lowest BCUT2D eigenvalue weighted by atomic mass is 10.1. The van der Waals surface area contributed by atoms with Crippen molar-refractivity contribution in [3.05, 3.63) is 65.5 Å². The number of aryl methyl sites for hydroxylation is 1. The third-order valence-corrected chi connectivity index (χ3v) is 6.69. The Labute approximate surface area is 189 Å². The highest BCUT2D eigenvalue weighted by molar-refractivity contribution is 7.88. The Morgan fingerprint density at radius 3 is 2.62 bits per heavy atom. The number of hydrogen-bond donors (Lipinski definition) is 1. The molecule has 32 heavy (non-hydrogen) atoms. The predicted octanol–water partition coefficient (Wildman–Crippen LogP) is 2.48. The summed E-state index contributed by atoms with van der Waals surface area (Å²) in [5, 5.41) is 2.76. The second-order valence-corrected chi connectivity index (χ2v) is 10.2. The molecular weight excluding hydrogens is 433 g/mol. The van der Waals surface area contributed by atoms with Crippen molar-refractivity contribution in [2.45, 2.75) is 13.5 Å². The Hall–Kier alpha value is -2.33. The zero-order valence-electron chi connectivity index (χ0n) is 18.5. The van der Waals surface area contributed by atoms with Crippen molar-refractivity contribution in [1.82, 2.24) is 9.21 Å². The number of anilines is 1. The number of ether oxygens (including phenoxy) is 1. The molecule has 174 valence electrons. The Kier molecular flexibility index (Phi) is 8.36. The number of nitrogens with one attached hydrogen (secondary N) is 1. The normalized spacial score (nSPS) is 18.3. The van der Waals surface area contributed by atoms with E-state index in [0.29, 0.717) is 45.1 Å². The largest absolute Gasteiger partial charge is 0.376 e. The van der Waals surface area contributed by atoms with Crippen LogP contribution >= 0.6 is 0 Å². The second kappa shape index (κ2) is 11.0. The van der Waals surface area contributed by atoms with Crippen LogP contribution in [-0.4, -0.2) is 69.1 Å². The first-order chi connectivity index (χ1) is 15.2. The van der Waals surface area contributed by atoms with Crippen LogP contribution in [0.1, 0.15) is 11.1 Å². The first-order valence-electron chi connectivity index (χ1n) is 10.6. The van der Waals surface area contributed by atoms with Crippen LogP contribution in [-0.2, 0) is 26.2 Å². The highest BCUT2D eigenvalue weighted by Gasteiger charge is 2.28. The zero-order chi connectivity index (χ0) is 23.1. The van der Waals surface area contributed by atoms with Crippen molar-refractivity contribution in [3.8, 4) is 0 Å². The van der Waals surface area contributed by atoms with Gasteiger partial charge in [-0.15, -0.1) is 0 Å². The van der Waals surface area contributed by atoms with Crippen molar-refractivity contribution in [1.29, 1.82) is 0 Å². The Balaban J connectivity index is 1.62. The molecule has 1 fully saturated rings. The maximum Gasteiger partial charge on any atom is 0.238 e. The van der Waals surface area contributed by atoms with Crippen molar-refractivity contribution >= 4 is 21.6 Å². The van der Waals surface area contributed by atoms with Crippen LogP contribution < -0.4 is 5.32 Å². The molecule has 1 amide bonds. The molecule has 7 nitrogen and oxygen atoms in total. The Morgan fingerprint density at radius 2 is 1.91 bits per heavy atom. The molecule has 1 saturated heterocycles. The minimum atomic E-state index is -3.36. The fraction of sp³-hybridized carbons (Fsp3) is 0.435. The lowest BCUT2D eigenvalue weighted by Crippen LogP contribution is -2.38. The minimum absolute atomic E-state index is 0.0837. The van der Waals surface area contributed by atoms with Crippen LogP contribution in [0.2, 0.25) is 0 Å². The number of carbonyl (C=O) groups excluding carboxylic acids is 1. The third kappa shape index (κ3) is 7.37. The first-order valence-corrected chi connectivity index (χ1v) is 12.4. The maximum atomic E-state index is 13.5. The zero-order valence-corrected chi connectivity index (χ0v) is 19.3. The van der Waals surface area contributed by atoms with Gasteiger partial charge in [-0.3, -0.25) is 9.69 Å². The van der Waals surface area contributed by atoms with Crippen molar-refractivity contribution in [2.24, 2.45) is 5.92 Å². The lowest BCUT2D eigenvalue weighted by Gasteiger charge is -2.23. The summed E-state index contributed by atoms with van der Waals surface area (Å²) in [7, 11) is -3.36. The van der Waals surface area contributed by atoms with Crippen LogP contribution in [0.3, 0.4) is 0 Å². The predicted molar refractivity (Wildman–Crippen MR) is 122 cm³/mol. The van der Waals surface area contributed by atoms with Gasteiger partial charge < -0.3 is 10.1 Å². The quantitative estimate of drug-likeness (QED) is 0.651. The molecule has 0 radical (unpaired) electrons. The second-order valence-electron chi connectivity index (χ2n) is 8.23. The molecule has 1 atom stereocenters. The smallest absolute Gasteiger partial charge is 0.238 e. The van der Waals surface area contributed by atoms with Gasteiger partial charge in [0.05, 0.1) is 26.0 Å². The summed E-state index contributed by atoms with van der Waals surface area (Å²) in [4.78, 5) is 14.5. The molecule has 0 spiro atoms. The molecule has 1 N–H and O–H groups in total. The number of rotatable bonds is 8. The molecule has 2 aromatic rings. The van der Waals surface area contributed by atoms with Gasteiger partial charge >= 0.3 is 0 Å². The molecule has 0 saturated carbocycles. The topological polar surface area (TPSA) is 79.0 Å². The van der Waals surface area contributed by atoms with Gasteiger partial charge in [0, 0.05) is 37.8 Å². The summed E-state index contributed by atoms with van der Waals surface area (Å²) in [6.45, 7) is 4.30. The molecule has 1 aliphatic rings. The van der Waals surface area contributed by atoms with Gasteiger partial charge in [0.15, 0.2) is 0 Å². The van der Waals surface area contributed by atoms with Crippen LogP contribution in [0.5, 0.6) is 0 Å². The first kappa shape index (κ1) is 24.3. The van der Waals surface area contributed by atoms with Gasteiger partial charge in [0.25, 0.3) is 0 Å². The van der Waals surface area contributed by atoms with E-state index in [-0.39, 0.29) is 18.4 Å². The minimum Gasteiger partial charge on any atom is -0.376 e. The number of carbonyl (C=O) groups is 1. The molecule has 0 aliphatic carbocycles. The summed E-state index contributed by atoms with van der Waals surface area (Å²) in [5.41, 5.74) is 2.25. The van der Waals surface area contributed by atoms with Gasteiger partial charge in [-0.25, -0.2) is 17.1 Å². The van der Waals surface area contributed by atoms with Crippen molar-refractivity contribution < 1.29 is 22.3 Å². The average molecular weight is 464 g/mol. The Bertz CT molecular complexity index is 1020. The molecular formula is C23H30FN3O4S. The average Bonchev–Trinajstić information content (AvgIpc) is 2.94. The van der Waals surface area contributed by atoms with E-state index in [4.69, 9.17) is 4.74 Å². The molecule has 1 heterocycles. The van der Waals surface area contributed by atoms with Crippen LogP contribution in [0.25, 0.3) is 0 Å². The number of halogens is 1. The van der Waals surface area contributed by atoms with Crippen LogP contribution in [0.4, 0.5) is 10.1 Å². The molecule has 3 rings (SSSR count). The van der Waals surface area contributed by atoms with E-state index in [1.807, 2.05) is 35.2 Å². The van der Waals surface area contributed by atoms with Crippen molar-refractivity contribution in [2.75, 3.05) is 50.9 Å². The van der Waals surface area contributed by atoms with E-state index in [1.54, 1.807) is 13.0 Å². The van der Waals surface area contributed by atoms with Gasteiger partial charge in [-0.2, -0.15) is 0 Å². The van der Waals surface area contributed by atoms with Gasteiger partial charge in [-0.05, 0) is 30.2 Å². The Morgan fingerprint density at radius 1 is 1.16 bits per heavy atom. The SMILES string of the molecule is Cc1ccc(F)cc1NC(=O)CN1CCN(S(C)(=O)=O)C[C@@H](COCc2ccccc2)C1. The van der Waals surface area contributed by atoms with Crippen molar-refractivity contribution in [3.63, 3.8) is 0 Å². The number of amides is 1. The molecule has 0 aromatic heterocycles. The van der Waals surface area contributed by atoms with E-state index >= 15 is 0 Å². The van der Waals surface area contributed by atoms with E-state index < -0.39 is 15.8 Å². The van der Waals surface area contributed by atoms with E-state index in [2.05, 4.69) is 5.32 Å². The third-order valence-electron chi connectivity index (χ3n) is 5.42. The monoisotopic (exact) mass is 463 g/mol. The molecule has 0 unspecified atom stereocenters. The van der Waals surface area contributed by atoms with Gasteiger partial charge in [-0.1, -0.05) is 36.4 Å². The molecule has 2 aromatic carbocycles. The summed E-state index contributed by atoms with van der Waals surface area (Å²) in [6.07, 6.45) is 1.20. The van der Waals surface area contributed by atoms with Gasteiger partial charge in [0.2, 0.25) is 15.9 Å². The number of sulfonamides is 1. The molecule has 0 bridgehead atoms. The summed E-state index contributed by atoms with van der Waals surface area (Å²) >= 11 is 0. The highest BCUT2D eigenvalue weighted by atomic mass is 32.2.